The lowest BCUT2D eigenvalue weighted by atomic mass is 10.1. The van der Waals surface area contributed by atoms with E-state index in [0.29, 0.717) is 36.9 Å². The molecule has 0 unspecified atom stereocenters. The van der Waals surface area contributed by atoms with Crippen molar-refractivity contribution in [3.8, 4) is 5.75 Å². The summed E-state index contributed by atoms with van der Waals surface area (Å²) in [5.74, 6) is 0.988. The van der Waals surface area contributed by atoms with Crippen molar-refractivity contribution >= 4 is 11.9 Å². The Balaban J connectivity index is 1.96. The summed E-state index contributed by atoms with van der Waals surface area (Å²) in [6.07, 6.45) is -2.51. The highest BCUT2D eigenvalue weighted by atomic mass is 19.3. The van der Waals surface area contributed by atoms with E-state index in [0.717, 1.165) is 11.1 Å². The third-order valence-corrected chi connectivity index (χ3v) is 4.11. The van der Waals surface area contributed by atoms with Crippen LogP contribution in [0.25, 0.3) is 0 Å². The van der Waals surface area contributed by atoms with Crippen LogP contribution in [0.3, 0.4) is 0 Å². The topological polar surface area (TPSA) is 66.0 Å². The molecule has 30 heavy (non-hydrogen) atoms. The van der Waals surface area contributed by atoms with Crippen molar-refractivity contribution in [2.45, 2.75) is 26.4 Å². The molecule has 0 spiro atoms. The molecule has 0 heterocycles. The van der Waals surface area contributed by atoms with E-state index in [9.17, 15) is 13.6 Å². The van der Waals surface area contributed by atoms with Gasteiger partial charge in [0.05, 0.1) is 6.54 Å². The normalized spacial score (nSPS) is 11.3. The van der Waals surface area contributed by atoms with Gasteiger partial charge in [-0.2, -0.15) is 0 Å². The second-order valence-electron chi connectivity index (χ2n) is 6.79. The van der Waals surface area contributed by atoms with E-state index < -0.39 is 13.0 Å². The largest absolute Gasteiger partial charge is 0.488 e. The predicted molar refractivity (Wildman–Crippen MR) is 114 cm³/mol. The van der Waals surface area contributed by atoms with Gasteiger partial charge in [-0.15, -0.1) is 0 Å². The molecule has 162 valence electrons. The van der Waals surface area contributed by atoms with Gasteiger partial charge in [0.1, 0.15) is 12.4 Å². The quantitative estimate of drug-likeness (QED) is 0.485. The molecule has 2 aromatic rings. The zero-order valence-electron chi connectivity index (χ0n) is 17.5. The van der Waals surface area contributed by atoms with E-state index >= 15 is 0 Å². The Morgan fingerprint density at radius 1 is 1.10 bits per heavy atom. The molecule has 0 aliphatic rings. The van der Waals surface area contributed by atoms with Crippen LogP contribution in [-0.2, 0) is 13.1 Å². The molecule has 0 fully saturated rings. The van der Waals surface area contributed by atoms with Crippen molar-refractivity contribution in [3.63, 3.8) is 0 Å². The summed E-state index contributed by atoms with van der Waals surface area (Å²) in [6, 6.07) is 14.4. The Hall–Kier alpha value is -3.16. The smallest absolute Gasteiger partial charge is 0.272 e. The number of amides is 1. The van der Waals surface area contributed by atoms with E-state index in [2.05, 4.69) is 15.6 Å². The fraction of sp³-hybridized carbons (Fsp3) is 0.364. The average molecular weight is 418 g/mol. The second-order valence-corrected chi connectivity index (χ2v) is 6.79. The van der Waals surface area contributed by atoms with Gasteiger partial charge in [0, 0.05) is 32.7 Å². The molecule has 0 radical (unpaired) electrons. The predicted octanol–water partition coefficient (Wildman–Crippen LogP) is 3.29. The Kier molecular flexibility index (Phi) is 9.05. The van der Waals surface area contributed by atoms with Crippen molar-refractivity contribution in [3.05, 3.63) is 65.2 Å². The third-order valence-electron chi connectivity index (χ3n) is 4.11. The molecule has 0 aliphatic carbocycles. The summed E-state index contributed by atoms with van der Waals surface area (Å²) in [5, 5.41) is 6.42. The molecule has 0 saturated carbocycles. The molecule has 0 aromatic heterocycles. The van der Waals surface area contributed by atoms with Gasteiger partial charge in [-0.3, -0.25) is 4.79 Å². The van der Waals surface area contributed by atoms with E-state index in [1.54, 1.807) is 44.4 Å². The number of hydrogen-bond acceptors (Lipinski definition) is 3. The van der Waals surface area contributed by atoms with Crippen LogP contribution in [0.2, 0.25) is 0 Å². The maximum atomic E-state index is 12.3. The molecule has 0 atom stereocenters. The van der Waals surface area contributed by atoms with Gasteiger partial charge in [0.25, 0.3) is 12.3 Å². The molecular weight excluding hydrogens is 390 g/mol. The average Bonchev–Trinajstić information content (AvgIpc) is 2.74. The van der Waals surface area contributed by atoms with Crippen LogP contribution in [0.4, 0.5) is 8.78 Å². The van der Waals surface area contributed by atoms with Crippen LogP contribution >= 0.6 is 0 Å². The van der Waals surface area contributed by atoms with Crippen LogP contribution in [0.5, 0.6) is 5.75 Å². The molecule has 2 rings (SSSR count). The highest BCUT2D eigenvalue weighted by molar-refractivity contribution is 5.93. The maximum Gasteiger partial charge on any atom is 0.272 e. The fourth-order valence-corrected chi connectivity index (χ4v) is 2.61. The molecule has 0 aliphatic heterocycles. The Bertz CT molecular complexity index is 839. The lowest BCUT2D eigenvalue weighted by Crippen LogP contribution is -2.36. The monoisotopic (exact) mass is 418 g/mol. The number of alkyl halides is 2. The number of ether oxygens (including phenoxy) is 1. The van der Waals surface area contributed by atoms with E-state index in [-0.39, 0.29) is 5.91 Å². The number of rotatable bonds is 9. The van der Waals surface area contributed by atoms with E-state index in [1.165, 1.54) is 4.90 Å². The SMILES string of the molecule is CCNC(=NCc1cccc(OCC(F)F)c1)NCc1ccc(C(=O)N(C)C)cc1. The molecule has 2 aromatic carbocycles. The van der Waals surface area contributed by atoms with E-state index in [1.807, 2.05) is 25.1 Å². The third kappa shape index (κ3) is 7.69. The number of carbonyl (C=O) groups excluding carboxylic acids is 1. The van der Waals surface area contributed by atoms with Crippen LogP contribution in [0.15, 0.2) is 53.5 Å². The fourth-order valence-electron chi connectivity index (χ4n) is 2.61. The molecule has 1 amide bonds. The van der Waals surface area contributed by atoms with Crippen LogP contribution < -0.4 is 15.4 Å². The Labute approximate surface area is 175 Å². The van der Waals surface area contributed by atoms with Crippen molar-refractivity contribution < 1.29 is 18.3 Å². The van der Waals surface area contributed by atoms with Crippen molar-refractivity contribution in [2.75, 3.05) is 27.2 Å². The number of benzene rings is 2. The first-order chi connectivity index (χ1) is 14.4. The van der Waals surface area contributed by atoms with Gasteiger partial charge in [-0.05, 0) is 42.3 Å². The lowest BCUT2D eigenvalue weighted by Gasteiger charge is -2.13. The number of nitrogens with one attached hydrogen (secondary N) is 2. The summed E-state index contributed by atoms with van der Waals surface area (Å²) >= 11 is 0. The summed E-state index contributed by atoms with van der Waals surface area (Å²) in [6.45, 7) is 2.95. The van der Waals surface area contributed by atoms with Gasteiger partial charge in [-0.25, -0.2) is 13.8 Å². The highest BCUT2D eigenvalue weighted by Gasteiger charge is 2.08. The Morgan fingerprint density at radius 2 is 1.83 bits per heavy atom. The zero-order chi connectivity index (χ0) is 21.9. The minimum absolute atomic E-state index is 0.0378. The standard InChI is InChI=1S/C22H28F2N4O2/c1-4-25-22(26-13-16-8-10-18(11-9-16)21(29)28(2)3)27-14-17-6-5-7-19(12-17)30-15-20(23)24/h5-12,20H,4,13-15H2,1-3H3,(H2,25,26,27). The van der Waals surface area contributed by atoms with Crippen LogP contribution in [0, 0.1) is 0 Å². The molecule has 0 saturated heterocycles. The number of carbonyl (C=O) groups is 1. The number of aliphatic imine (C=N–C) groups is 1. The summed E-state index contributed by atoms with van der Waals surface area (Å²) in [5.41, 5.74) is 2.50. The van der Waals surface area contributed by atoms with Gasteiger partial charge >= 0.3 is 0 Å². The molecule has 6 nitrogen and oxygen atoms in total. The summed E-state index contributed by atoms with van der Waals surface area (Å²) in [4.78, 5) is 18.0. The summed E-state index contributed by atoms with van der Waals surface area (Å²) in [7, 11) is 3.44. The molecule has 2 N–H and O–H groups in total. The van der Waals surface area contributed by atoms with Gasteiger partial charge in [-0.1, -0.05) is 24.3 Å². The van der Waals surface area contributed by atoms with Crippen LogP contribution in [0.1, 0.15) is 28.4 Å². The van der Waals surface area contributed by atoms with Crippen molar-refractivity contribution in [1.29, 1.82) is 0 Å². The second kappa shape index (κ2) is 11.7. The molecule has 8 heteroatoms. The maximum absolute atomic E-state index is 12.3. The minimum atomic E-state index is -2.51. The zero-order valence-corrected chi connectivity index (χ0v) is 17.5. The van der Waals surface area contributed by atoms with Gasteiger partial charge in [0.2, 0.25) is 0 Å². The van der Waals surface area contributed by atoms with Gasteiger partial charge in [0.15, 0.2) is 5.96 Å². The van der Waals surface area contributed by atoms with Crippen molar-refractivity contribution in [1.82, 2.24) is 15.5 Å². The first-order valence-electron chi connectivity index (χ1n) is 9.71. The highest BCUT2D eigenvalue weighted by Crippen LogP contribution is 2.15. The first kappa shape index (κ1) is 23.1. The summed E-state index contributed by atoms with van der Waals surface area (Å²) < 4.78 is 29.7. The number of guanidine groups is 1. The minimum Gasteiger partial charge on any atom is -0.488 e. The molecular formula is C22H28F2N4O2. The van der Waals surface area contributed by atoms with E-state index in [4.69, 9.17) is 4.74 Å². The number of halogens is 2. The number of hydrogen-bond donors (Lipinski definition) is 2. The van der Waals surface area contributed by atoms with Crippen molar-refractivity contribution in [2.24, 2.45) is 4.99 Å². The van der Waals surface area contributed by atoms with Gasteiger partial charge < -0.3 is 20.3 Å². The Morgan fingerprint density at radius 3 is 2.47 bits per heavy atom. The van der Waals surface area contributed by atoms with Crippen LogP contribution in [-0.4, -0.2) is 50.4 Å². The first-order valence-corrected chi connectivity index (χ1v) is 9.71. The molecule has 0 bridgehead atoms. The lowest BCUT2D eigenvalue weighted by molar-refractivity contribution is 0.0817. The number of nitrogens with zero attached hydrogens (tertiary/aromatic N) is 2.